The predicted octanol–water partition coefficient (Wildman–Crippen LogP) is 15.5. The van der Waals surface area contributed by atoms with Crippen molar-refractivity contribution in [1.82, 2.24) is 0 Å². The monoisotopic (exact) mass is 696 g/mol. The van der Waals surface area contributed by atoms with Gasteiger partial charge >= 0.3 is 0 Å². The maximum absolute atomic E-state index is 6.52. The first-order valence-corrected chi connectivity index (χ1v) is 19.0. The van der Waals surface area contributed by atoms with Crippen LogP contribution >= 0.6 is 0 Å². The molecule has 0 saturated carbocycles. The lowest BCUT2D eigenvalue weighted by Crippen LogP contribution is -1.91. The van der Waals surface area contributed by atoms with Crippen molar-refractivity contribution in [2.24, 2.45) is 0 Å². The molecule has 0 aliphatic rings. The third kappa shape index (κ3) is 4.48. The zero-order valence-corrected chi connectivity index (χ0v) is 29.9. The smallest absolute Gasteiger partial charge is 0.143 e. The first-order chi connectivity index (χ1) is 27.3. The van der Waals surface area contributed by atoms with Gasteiger partial charge in [-0.1, -0.05) is 164 Å². The highest BCUT2D eigenvalue weighted by Gasteiger charge is 2.19. The molecule has 0 amide bonds. The Morgan fingerprint density at radius 1 is 0.273 bits per heavy atom. The standard InChI is InChI=1S/C54H32O/c1-2-14-39-33(12-1)13-11-22-41(39)52-45-19-7-5-17-43(45)51(44-18-6-8-20-46(44)52)38-27-26-34-30-35(24-25-36(34)31-38)37-28-29-47-49(32-37)40-15-3-4-16-42(40)53-48-21-9-10-23-50(48)55-54(47)53/h1-32H. The second-order valence-electron chi connectivity index (χ2n) is 14.8. The summed E-state index contributed by atoms with van der Waals surface area (Å²) in [5.74, 6) is 0. The van der Waals surface area contributed by atoms with E-state index in [0.29, 0.717) is 0 Å². The molecule has 254 valence electrons. The highest BCUT2D eigenvalue weighted by molar-refractivity contribution is 6.30. The lowest BCUT2D eigenvalue weighted by Gasteiger charge is -2.19. The molecule has 1 heteroatoms. The van der Waals surface area contributed by atoms with Gasteiger partial charge in [0.2, 0.25) is 0 Å². The van der Waals surface area contributed by atoms with Gasteiger partial charge in [0, 0.05) is 16.2 Å². The Labute approximate surface area is 317 Å². The lowest BCUT2D eigenvalue weighted by atomic mass is 9.84. The van der Waals surface area contributed by atoms with E-state index in [1.807, 2.05) is 6.07 Å². The number of furan rings is 1. The van der Waals surface area contributed by atoms with Crippen LogP contribution in [0.25, 0.3) is 120 Å². The van der Waals surface area contributed by atoms with Gasteiger partial charge in [-0.25, -0.2) is 0 Å². The first-order valence-electron chi connectivity index (χ1n) is 19.0. The molecule has 1 nitrogen and oxygen atoms in total. The molecule has 0 aliphatic carbocycles. The first kappa shape index (κ1) is 30.3. The Bertz CT molecular complexity index is 3490. The molecule has 0 unspecified atom stereocenters. The highest BCUT2D eigenvalue weighted by Crippen LogP contribution is 2.46. The molecule has 11 aromatic carbocycles. The number of hydrogen-bond donors (Lipinski definition) is 0. The fraction of sp³-hybridized carbons (Fsp3) is 0. The third-order valence-corrected chi connectivity index (χ3v) is 11.8. The van der Waals surface area contributed by atoms with Crippen LogP contribution in [0.1, 0.15) is 0 Å². The van der Waals surface area contributed by atoms with E-state index in [0.717, 1.165) is 21.9 Å². The Hall–Kier alpha value is -7.22. The van der Waals surface area contributed by atoms with E-state index < -0.39 is 0 Å². The molecular weight excluding hydrogens is 665 g/mol. The Morgan fingerprint density at radius 3 is 1.55 bits per heavy atom. The summed E-state index contributed by atoms with van der Waals surface area (Å²) in [7, 11) is 0. The zero-order valence-electron chi connectivity index (χ0n) is 29.9. The van der Waals surface area contributed by atoms with Gasteiger partial charge < -0.3 is 4.42 Å². The van der Waals surface area contributed by atoms with Crippen LogP contribution in [0.5, 0.6) is 0 Å². The van der Waals surface area contributed by atoms with E-state index >= 15 is 0 Å². The minimum Gasteiger partial charge on any atom is -0.455 e. The molecular formula is C54H32O. The van der Waals surface area contributed by atoms with Gasteiger partial charge in [-0.15, -0.1) is 0 Å². The van der Waals surface area contributed by atoms with E-state index in [-0.39, 0.29) is 0 Å². The average Bonchev–Trinajstić information content (AvgIpc) is 3.65. The van der Waals surface area contributed by atoms with Crippen molar-refractivity contribution in [1.29, 1.82) is 0 Å². The molecule has 55 heavy (non-hydrogen) atoms. The molecule has 1 aromatic heterocycles. The molecule has 12 aromatic rings. The van der Waals surface area contributed by atoms with E-state index in [1.165, 1.54) is 98.0 Å². The van der Waals surface area contributed by atoms with Crippen molar-refractivity contribution in [3.8, 4) is 33.4 Å². The summed E-state index contributed by atoms with van der Waals surface area (Å²) in [6, 6.07) is 71.1. The molecule has 0 radical (unpaired) electrons. The largest absolute Gasteiger partial charge is 0.455 e. The summed E-state index contributed by atoms with van der Waals surface area (Å²) in [5, 5.41) is 17.2. The fourth-order valence-corrected chi connectivity index (χ4v) is 9.34. The van der Waals surface area contributed by atoms with Crippen molar-refractivity contribution in [2.45, 2.75) is 0 Å². The summed E-state index contributed by atoms with van der Waals surface area (Å²) in [4.78, 5) is 0. The van der Waals surface area contributed by atoms with Gasteiger partial charge in [0.1, 0.15) is 11.2 Å². The number of para-hydroxylation sites is 1. The molecule has 0 fully saturated rings. The van der Waals surface area contributed by atoms with Crippen molar-refractivity contribution in [3.63, 3.8) is 0 Å². The van der Waals surface area contributed by atoms with Crippen LogP contribution < -0.4 is 0 Å². The Kier molecular flexibility index (Phi) is 6.40. The molecule has 0 bridgehead atoms. The number of fused-ring (bicyclic) bond motifs is 12. The van der Waals surface area contributed by atoms with Gasteiger partial charge in [-0.2, -0.15) is 0 Å². The Morgan fingerprint density at radius 2 is 0.800 bits per heavy atom. The second-order valence-corrected chi connectivity index (χ2v) is 14.8. The van der Waals surface area contributed by atoms with Crippen molar-refractivity contribution in [2.75, 3.05) is 0 Å². The maximum atomic E-state index is 6.52. The van der Waals surface area contributed by atoms with Crippen molar-refractivity contribution in [3.05, 3.63) is 194 Å². The average molecular weight is 697 g/mol. The maximum Gasteiger partial charge on any atom is 0.143 e. The lowest BCUT2D eigenvalue weighted by molar-refractivity contribution is 0.673. The minimum atomic E-state index is 0.926. The normalized spacial score (nSPS) is 12.0. The predicted molar refractivity (Wildman–Crippen MR) is 235 cm³/mol. The molecule has 0 N–H and O–H groups in total. The number of hydrogen-bond acceptors (Lipinski definition) is 1. The summed E-state index contributed by atoms with van der Waals surface area (Å²) in [6.45, 7) is 0. The molecule has 12 rings (SSSR count). The summed E-state index contributed by atoms with van der Waals surface area (Å²) in [5.41, 5.74) is 9.34. The summed E-state index contributed by atoms with van der Waals surface area (Å²) < 4.78 is 6.52. The van der Waals surface area contributed by atoms with Crippen LogP contribution in [0.2, 0.25) is 0 Å². The van der Waals surface area contributed by atoms with E-state index in [4.69, 9.17) is 4.42 Å². The van der Waals surface area contributed by atoms with Gasteiger partial charge in [0.05, 0.1) is 0 Å². The molecule has 0 saturated heterocycles. The van der Waals surface area contributed by atoms with E-state index in [2.05, 4.69) is 188 Å². The quantitative estimate of drug-likeness (QED) is 0.132. The minimum absolute atomic E-state index is 0.926. The van der Waals surface area contributed by atoms with Gasteiger partial charge in [-0.05, 0) is 123 Å². The topological polar surface area (TPSA) is 13.1 Å². The second kappa shape index (κ2) is 11.6. The third-order valence-electron chi connectivity index (χ3n) is 11.8. The zero-order chi connectivity index (χ0) is 36.0. The van der Waals surface area contributed by atoms with E-state index in [1.54, 1.807) is 0 Å². The Balaban J connectivity index is 1.02. The van der Waals surface area contributed by atoms with Crippen molar-refractivity contribution >= 4 is 86.6 Å². The molecule has 0 atom stereocenters. The van der Waals surface area contributed by atoms with Crippen LogP contribution in [-0.4, -0.2) is 0 Å². The van der Waals surface area contributed by atoms with Gasteiger partial charge in [-0.3, -0.25) is 0 Å². The van der Waals surface area contributed by atoms with E-state index in [9.17, 15) is 0 Å². The van der Waals surface area contributed by atoms with Crippen LogP contribution in [0.4, 0.5) is 0 Å². The summed E-state index contributed by atoms with van der Waals surface area (Å²) in [6.07, 6.45) is 0. The van der Waals surface area contributed by atoms with Crippen LogP contribution in [0.15, 0.2) is 199 Å². The van der Waals surface area contributed by atoms with Gasteiger partial charge in [0.25, 0.3) is 0 Å². The van der Waals surface area contributed by atoms with Crippen molar-refractivity contribution < 1.29 is 4.42 Å². The van der Waals surface area contributed by atoms with Gasteiger partial charge in [0.15, 0.2) is 0 Å². The molecule has 0 aliphatic heterocycles. The fourth-order valence-electron chi connectivity index (χ4n) is 9.34. The number of benzene rings is 11. The van der Waals surface area contributed by atoms with Crippen LogP contribution in [0, 0.1) is 0 Å². The summed E-state index contributed by atoms with van der Waals surface area (Å²) >= 11 is 0. The highest BCUT2D eigenvalue weighted by atomic mass is 16.3. The SMILES string of the molecule is c1ccc2c(-c3c4ccccc4c(-c4ccc5cc(-c6ccc7c(c6)c6ccccc6c6c8ccccc8oc76)ccc5c4)c4ccccc34)cccc2c1. The van der Waals surface area contributed by atoms with Crippen LogP contribution in [0.3, 0.4) is 0 Å². The number of rotatable bonds is 3. The molecule has 1 heterocycles. The molecule has 0 spiro atoms. The van der Waals surface area contributed by atoms with Crippen LogP contribution in [-0.2, 0) is 0 Å².